The van der Waals surface area contributed by atoms with E-state index in [1.165, 1.54) is 44.9 Å². The van der Waals surface area contributed by atoms with Crippen LogP contribution >= 0.6 is 0 Å². The first kappa shape index (κ1) is 13.7. The number of hydrogen-bond donors (Lipinski definition) is 1. The van der Waals surface area contributed by atoms with Crippen LogP contribution in [0.2, 0.25) is 0 Å². The van der Waals surface area contributed by atoms with Crippen molar-refractivity contribution in [3.05, 3.63) is 11.8 Å². The van der Waals surface area contributed by atoms with E-state index >= 15 is 0 Å². The molecule has 1 amide bonds. The number of amides is 1. The molecule has 1 aromatic rings. The predicted octanol–water partition coefficient (Wildman–Crippen LogP) is 3.83. The lowest BCUT2D eigenvalue weighted by molar-refractivity contribution is -0.116. The fourth-order valence-corrected chi connectivity index (χ4v) is 3.16. The highest BCUT2D eigenvalue weighted by Gasteiger charge is 2.23. The Morgan fingerprint density at radius 1 is 1.30 bits per heavy atom. The Kier molecular flexibility index (Phi) is 4.08. The molecule has 1 aromatic heterocycles. The molecule has 4 nitrogen and oxygen atoms in total. The number of anilines is 1. The van der Waals surface area contributed by atoms with E-state index in [2.05, 4.69) is 15.1 Å². The molecule has 2 aliphatic carbocycles. The van der Waals surface area contributed by atoms with Crippen molar-refractivity contribution in [2.75, 3.05) is 5.32 Å². The van der Waals surface area contributed by atoms with Gasteiger partial charge in [0.05, 0.1) is 11.7 Å². The molecule has 2 saturated carbocycles. The topological polar surface area (TPSA) is 46.9 Å². The maximum atomic E-state index is 12.0. The van der Waals surface area contributed by atoms with Gasteiger partial charge in [-0.2, -0.15) is 5.10 Å². The van der Waals surface area contributed by atoms with Gasteiger partial charge in [-0.05, 0) is 32.1 Å². The molecular formula is C16H25N3O. The lowest BCUT2D eigenvalue weighted by Gasteiger charge is -2.23. The highest BCUT2D eigenvalue weighted by Crippen LogP contribution is 2.34. The Morgan fingerprint density at radius 3 is 2.75 bits per heavy atom. The zero-order valence-corrected chi connectivity index (χ0v) is 12.4. The van der Waals surface area contributed by atoms with Gasteiger partial charge in [-0.25, -0.2) is 4.68 Å². The number of nitrogens with zero attached hydrogens (tertiary/aromatic N) is 2. The lowest BCUT2D eigenvalue weighted by Crippen LogP contribution is -2.20. The van der Waals surface area contributed by atoms with E-state index in [4.69, 9.17) is 0 Å². The second-order valence-corrected chi connectivity index (χ2v) is 6.44. The predicted molar refractivity (Wildman–Crippen MR) is 79.7 cm³/mol. The molecule has 3 rings (SSSR count). The van der Waals surface area contributed by atoms with Crippen LogP contribution in [0.25, 0.3) is 0 Å². The monoisotopic (exact) mass is 275 g/mol. The Hall–Kier alpha value is -1.32. The molecule has 0 saturated heterocycles. The van der Waals surface area contributed by atoms with Gasteiger partial charge in [0.2, 0.25) is 5.91 Å². The SMILES string of the molecule is Cc1cc(NC(=O)CCC2CC2)n(C2CCCCC2)n1. The third-order valence-corrected chi connectivity index (χ3v) is 4.52. The summed E-state index contributed by atoms with van der Waals surface area (Å²) < 4.78 is 2.06. The smallest absolute Gasteiger partial charge is 0.225 e. The molecule has 2 fully saturated rings. The summed E-state index contributed by atoms with van der Waals surface area (Å²) in [5, 5.41) is 7.67. The standard InChI is InChI=1S/C16H25N3O/c1-12-11-15(17-16(20)10-9-13-7-8-13)19(18-12)14-5-3-2-4-6-14/h11,13-14H,2-10H2,1H3,(H,17,20). The Bertz CT molecular complexity index is 470. The van der Waals surface area contributed by atoms with Gasteiger partial charge < -0.3 is 5.32 Å². The van der Waals surface area contributed by atoms with Crippen molar-refractivity contribution in [2.24, 2.45) is 5.92 Å². The van der Waals surface area contributed by atoms with Crippen LogP contribution in [-0.2, 0) is 4.79 Å². The third kappa shape index (κ3) is 3.41. The molecule has 0 unspecified atom stereocenters. The zero-order valence-electron chi connectivity index (χ0n) is 12.4. The average Bonchev–Trinajstić information content (AvgIpc) is 3.21. The van der Waals surface area contributed by atoms with E-state index in [1.807, 2.05) is 13.0 Å². The largest absolute Gasteiger partial charge is 0.311 e. The number of carbonyl (C=O) groups excluding carboxylic acids is 1. The highest BCUT2D eigenvalue weighted by atomic mass is 16.1. The van der Waals surface area contributed by atoms with Crippen LogP contribution in [0.1, 0.15) is 69.5 Å². The van der Waals surface area contributed by atoms with Crippen molar-refractivity contribution in [1.29, 1.82) is 0 Å². The molecule has 20 heavy (non-hydrogen) atoms. The van der Waals surface area contributed by atoms with E-state index in [0.29, 0.717) is 12.5 Å². The molecule has 1 heterocycles. The molecule has 0 bridgehead atoms. The van der Waals surface area contributed by atoms with Crippen LogP contribution < -0.4 is 5.32 Å². The zero-order chi connectivity index (χ0) is 13.9. The van der Waals surface area contributed by atoms with Gasteiger partial charge in [0, 0.05) is 12.5 Å². The van der Waals surface area contributed by atoms with Gasteiger partial charge >= 0.3 is 0 Å². The quantitative estimate of drug-likeness (QED) is 0.887. The Morgan fingerprint density at radius 2 is 2.05 bits per heavy atom. The molecule has 2 aliphatic rings. The summed E-state index contributed by atoms with van der Waals surface area (Å²) in [6.45, 7) is 2.00. The summed E-state index contributed by atoms with van der Waals surface area (Å²) in [5.74, 6) is 1.86. The van der Waals surface area contributed by atoms with Crippen molar-refractivity contribution in [3.63, 3.8) is 0 Å². The maximum Gasteiger partial charge on any atom is 0.225 e. The van der Waals surface area contributed by atoms with Gasteiger partial charge in [0.1, 0.15) is 5.82 Å². The van der Waals surface area contributed by atoms with Crippen LogP contribution in [0.3, 0.4) is 0 Å². The Labute approximate surface area is 120 Å². The van der Waals surface area contributed by atoms with Crippen LogP contribution in [0.4, 0.5) is 5.82 Å². The number of carbonyl (C=O) groups is 1. The van der Waals surface area contributed by atoms with Crippen LogP contribution in [0.15, 0.2) is 6.07 Å². The minimum Gasteiger partial charge on any atom is -0.311 e. The normalized spacial score (nSPS) is 20.1. The van der Waals surface area contributed by atoms with Crippen LogP contribution in [-0.4, -0.2) is 15.7 Å². The van der Waals surface area contributed by atoms with E-state index < -0.39 is 0 Å². The van der Waals surface area contributed by atoms with Crippen LogP contribution in [0, 0.1) is 12.8 Å². The summed E-state index contributed by atoms with van der Waals surface area (Å²) in [6.07, 6.45) is 10.6. The van der Waals surface area contributed by atoms with E-state index in [-0.39, 0.29) is 5.91 Å². The van der Waals surface area contributed by atoms with Gasteiger partial charge in [-0.1, -0.05) is 32.1 Å². The van der Waals surface area contributed by atoms with Crippen molar-refractivity contribution >= 4 is 11.7 Å². The molecule has 4 heteroatoms. The number of aromatic nitrogens is 2. The Balaban J connectivity index is 1.63. The summed E-state index contributed by atoms with van der Waals surface area (Å²) in [7, 11) is 0. The van der Waals surface area contributed by atoms with Crippen LogP contribution in [0.5, 0.6) is 0 Å². The van der Waals surface area contributed by atoms with Gasteiger partial charge in [0.25, 0.3) is 0 Å². The molecule has 0 atom stereocenters. The van der Waals surface area contributed by atoms with Crippen molar-refractivity contribution in [2.45, 2.75) is 70.8 Å². The number of rotatable bonds is 5. The first-order valence-electron chi connectivity index (χ1n) is 8.08. The average molecular weight is 275 g/mol. The molecule has 0 aromatic carbocycles. The number of nitrogens with one attached hydrogen (secondary N) is 1. The van der Waals surface area contributed by atoms with Crippen molar-refractivity contribution < 1.29 is 4.79 Å². The first-order valence-corrected chi connectivity index (χ1v) is 8.08. The molecular weight excluding hydrogens is 250 g/mol. The summed E-state index contributed by atoms with van der Waals surface area (Å²) >= 11 is 0. The number of hydrogen-bond acceptors (Lipinski definition) is 2. The van der Waals surface area contributed by atoms with E-state index in [9.17, 15) is 4.79 Å². The van der Waals surface area contributed by atoms with Gasteiger partial charge in [0.15, 0.2) is 0 Å². The minimum absolute atomic E-state index is 0.147. The van der Waals surface area contributed by atoms with E-state index in [0.717, 1.165) is 23.9 Å². The second-order valence-electron chi connectivity index (χ2n) is 6.44. The first-order chi connectivity index (χ1) is 9.72. The molecule has 0 aliphatic heterocycles. The third-order valence-electron chi connectivity index (χ3n) is 4.52. The van der Waals surface area contributed by atoms with Gasteiger partial charge in [-0.15, -0.1) is 0 Å². The van der Waals surface area contributed by atoms with E-state index in [1.54, 1.807) is 0 Å². The molecule has 110 valence electrons. The maximum absolute atomic E-state index is 12.0. The fourth-order valence-electron chi connectivity index (χ4n) is 3.16. The van der Waals surface area contributed by atoms with Gasteiger partial charge in [-0.3, -0.25) is 4.79 Å². The molecule has 1 N–H and O–H groups in total. The summed E-state index contributed by atoms with van der Waals surface area (Å²) in [5.41, 5.74) is 0.994. The lowest BCUT2D eigenvalue weighted by atomic mass is 9.96. The second kappa shape index (κ2) is 5.98. The van der Waals surface area contributed by atoms with Crippen molar-refractivity contribution in [1.82, 2.24) is 9.78 Å². The molecule has 0 spiro atoms. The minimum atomic E-state index is 0.147. The number of aryl methyl sites for hydroxylation is 1. The summed E-state index contributed by atoms with van der Waals surface area (Å²) in [4.78, 5) is 12.0. The fraction of sp³-hybridized carbons (Fsp3) is 0.750. The van der Waals surface area contributed by atoms with Crippen molar-refractivity contribution in [3.8, 4) is 0 Å². The highest BCUT2D eigenvalue weighted by molar-refractivity contribution is 5.89. The molecule has 0 radical (unpaired) electrons. The summed E-state index contributed by atoms with van der Waals surface area (Å²) in [6, 6.07) is 2.47.